The molecule has 0 saturated carbocycles. The van der Waals surface area contributed by atoms with E-state index < -0.39 is 6.04 Å². The maximum absolute atomic E-state index is 13.9. The fourth-order valence-corrected chi connectivity index (χ4v) is 2.71. The van der Waals surface area contributed by atoms with Gasteiger partial charge in [0.15, 0.2) is 0 Å². The van der Waals surface area contributed by atoms with Gasteiger partial charge in [0, 0.05) is 45.2 Å². The Kier molecular flexibility index (Phi) is 6.88. The monoisotopic (exact) mass is 350 g/mol. The van der Waals surface area contributed by atoms with Crippen LogP contribution in [0.4, 0.5) is 4.39 Å². The number of carbonyl (C=O) groups excluding carboxylic acids is 3. The molecule has 7 nitrogen and oxygen atoms in total. The van der Waals surface area contributed by atoms with Crippen LogP contribution in [0.1, 0.15) is 18.9 Å². The Morgan fingerprint density at radius 1 is 1.28 bits per heavy atom. The molecule has 8 heteroatoms. The van der Waals surface area contributed by atoms with Crippen LogP contribution in [0, 0.1) is 5.82 Å². The smallest absolute Gasteiger partial charge is 0.237 e. The minimum Gasteiger partial charge on any atom is -0.355 e. The standard InChI is InChI=1S/C17H23FN4O3/c1-12(23)19-6-7-20-16(24)10-15-17(25)21-8-9-22(15)11-13-4-2-3-5-14(13)18/h2-5,15H,6-11H2,1H3,(H,19,23)(H,20,24)(H,21,25)/t15-/m0/s1. The number of halogens is 1. The van der Waals surface area contributed by atoms with Crippen molar-refractivity contribution in [1.82, 2.24) is 20.9 Å². The lowest BCUT2D eigenvalue weighted by Gasteiger charge is -2.34. The molecule has 1 saturated heterocycles. The van der Waals surface area contributed by atoms with Gasteiger partial charge in [-0.2, -0.15) is 0 Å². The molecule has 25 heavy (non-hydrogen) atoms. The van der Waals surface area contributed by atoms with Crippen LogP contribution in [-0.4, -0.2) is 54.8 Å². The molecule has 1 aliphatic rings. The van der Waals surface area contributed by atoms with Gasteiger partial charge in [-0.3, -0.25) is 19.3 Å². The molecule has 1 aromatic rings. The van der Waals surface area contributed by atoms with Crippen LogP contribution in [0.3, 0.4) is 0 Å². The van der Waals surface area contributed by atoms with Gasteiger partial charge < -0.3 is 16.0 Å². The SMILES string of the molecule is CC(=O)NCCNC(=O)C[C@H]1C(=O)NCCN1Cc1ccccc1F. The first-order valence-electron chi connectivity index (χ1n) is 8.23. The summed E-state index contributed by atoms with van der Waals surface area (Å²) < 4.78 is 13.9. The van der Waals surface area contributed by atoms with Crippen LogP contribution in [-0.2, 0) is 20.9 Å². The second-order valence-electron chi connectivity index (χ2n) is 5.91. The molecular formula is C17H23FN4O3. The van der Waals surface area contributed by atoms with Crippen molar-refractivity contribution in [2.24, 2.45) is 0 Å². The second-order valence-corrected chi connectivity index (χ2v) is 5.91. The van der Waals surface area contributed by atoms with E-state index in [1.165, 1.54) is 13.0 Å². The Balaban J connectivity index is 1.92. The number of benzene rings is 1. The zero-order chi connectivity index (χ0) is 18.2. The predicted octanol–water partition coefficient (Wildman–Crippen LogP) is -0.231. The number of piperazine rings is 1. The average Bonchev–Trinajstić information content (AvgIpc) is 2.56. The van der Waals surface area contributed by atoms with Crippen LogP contribution in [0.15, 0.2) is 24.3 Å². The van der Waals surface area contributed by atoms with Gasteiger partial charge in [-0.05, 0) is 6.07 Å². The lowest BCUT2D eigenvalue weighted by atomic mass is 10.1. The van der Waals surface area contributed by atoms with E-state index in [1.807, 2.05) is 4.90 Å². The second kappa shape index (κ2) is 9.12. The van der Waals surface area contributed by atoms with Crippen molar-refractivity contribution >= 4 is 17.7 Å². The summed E-state index contributed by atoms with van der Waals surface area (Å²) in [4.78, 5) is 36.8. The molecule has 3 N–H and O–H groups in total. The molecule has 1 atom stereocenters. The lowest BCUT2D eigenvalue weighted by Crippen LogP contribution is -2.56. The molecule has 1 aromatic carbocycles. The molecule has 1 fully saturated rings. The van der Waals surface area contributed by atoms with E-state index in [9.17, 15) is 18.8 Å². The van der Waals surface area contributed by atoms with Crippen molar-refractivity contribution < 1.29 is 18.8 Å². The molecule has 0 bridgehead atoms. The van der Waals surface area contributed by atoms with Crippen molar-refractivity contribution in [3.8, 4) is 0 Å². The predicted molar refractivity (Wildman–Crippen MR) is 89.9 cm³/mol. The molecular weight excluding hydrogens is 327 g/mol. The number of nitrogens with zero attached hydrogens (tertiary/aromatic N) is 1. The topological polar surface area (TPSA) is 90.5 Å². The summed E-state index contributed by atoms with van der Waals surface area (Å²) in [6.07, 6.45) is -0.0135. The van der Waals surface area contributed by atoms with Crippen molar-refractivity contribution in [3.63, 3.8) is 0 Å². The van der Waals surface area contributed by atoms with E-state index in [4.69, 9.17) is 0 Å². The van der Waals surface area contributed by atoms with Crippen molar-refractivity contribution in [2.75, 3.05) is 26.2 Å². The highest BCUT2D eigenvalue weighted by atomic mass is 19.1. The van der Waals surface area contributed by atoms with Crippen LogP contribution in [0.5, 0.6) is 0 Å². The Hall–Kier alpha value is -2.48. The molecule has 136 valence electrons. The van der Waals surface area contributed by atoms with E-state index in [1.54, 1.807) is 18.2 Å². The average molecular weight is 350 g/mol. The first-order chi connectivity index (χ1) is 12.0. The Morgan fingerprint density at radius 2 is 2.00 bits per heavy atom. The fraction of sp³-hybridized carbons (Fsp3) is 0.471. The van der Waals surface area contributed by atoms with Crippen LogP contribution < -0.4 is 16.0 Å². The largest absolute Gasteiger partial charge is 0.355 e. The molecule has 0 spiro atoms. The number of hydrogen-bond acceptors (Lipinski definition) is 4. The van der Waals surface area contributed by atoms with Gasteiger partial charge in [0.25, 0.3) is 0 Å². The minimum atomic E-state index is -0.644. The van der Waals surface area contributed by atoms with E-state index in [0.717, 1.165) is 0 Å². The van der Waals surface area contributed by atoms with Crippen LogP contribution in [0.25, 0.3) is 0 Å². The maximum Gasteiger partial charge on any atom is 0.237 e. The normalized spacial score (nSPS) is 17.7. The maximum atomic E-state index is 13.9. The first kappa shape index (κ1) is 18.9. The summed E-state index contributed by atoms with van der Waals surface area (Å²) >= 11 is 0. The summed E-state index contributed by atoms with van der Waals surface area (Å²) in [5.74, 6) is -1.02. The molecule has 3 amide bonds. The summed E-state index contributed by atoms with van der Waals surface area (Å²) in [5, 5.41) is 7.98. The third-order valence-corrected chi connectivity index (χ3v) is 3.97. The summed E-state index contributed by atoms with van der Waals surface area (Å²) in [6, 6.07) is 5.76. The molecule has 1 aliphatic heterocycles. The zero-order valence-corrected chi connectivity index (χ0v) is 14.2. The van der Waals surface area contributed by atoms with Gasteiger partial charge in [0.05, 0.1) is 12.5 Å². The van der Waals surface area contributed by atoms with Gasteiger partial charge in [0.1, 0.15) is 5.82 Å². The van der Waals surface area contributed by atoms with Crippen LogP contribution in [0.2, 0.25) is 0 Å². The molecule has 2 rings (SSSR count). The van der Waals surface area contributed by atoms with E-state index in [2.05, 4.69) is 16.0 Å². The summed E-state index contributed by atoms with van der Waals surface area (Å²) in [7, 11) is 0. The number of amides is 3. The summed E-state index contributed by atoms with van der Waals surface area (Å²) in [5.41, 5.74) is 0.494. The Labute approximate surface area is 145 Å². The molecule has 1 heterocycles. The Morgan fingerprint density at radius 3 is 2.72 bits per heavy atom. The van der Waals surface area contributed by atoms with E-state index in [-0.39, 0.29) is 36.5 Å². The van der Waals surface area contributed by atoms with E-state index in [0.29, 0.717) is 31.7 Å². The van der Waals surface area contributed by atoms with Crippen LogP contribution >= 0.6 is 0 Å². The zero-order valence-electron chi connectivity index (χ0n) is 14.2. The Bertz CT molecular complexity index is 638. The lowest BCUT2D eigenvalue weighted by molar-refractivity contribution is -0.134. The van der Waals surface area contributed by atoms with E-state index >= 15 is 0 Å². The number of rotatable bonds is 7. The third-order valence-electron chi connectivity index (χ3n) is 3.97. The number of hydrogen-bond donors (Lipinski definition) is 3. The third kappa shape index (κ3) is 5.82. The highest BCUT2D eigenvalue weighted by molar-refractivity contribution is 5.88. The van der Waals surface area contributed by atoms with Gasteiger partial charge in [-0.25, -0.2) is 4.39 Å². The van der Waals surface area contributed by atoms with Gasteiger partial charge in [-0.1, -0.05) is 18.2 Å². The van der Waals surface area contributed by atoms with Crippen molar-refractivity contribution in [1.29, 1.82) is 0 Å². The van der Waals surface area contributed by atoms with Gasteiger partial charge >= 0.3 is 0 Å². The van der Waals surface area contributed by atoms with Gasteiger partial charge in [-0.15, -0.1) is 0 Å². The molecule has 0 aromatic heterocycles. The van der Waals surface area contributed by atoms with Crippen molar-refractivity contribution in [3.05, 3.63) is 35.6 Å². The molecule has 0 aliphatic carbocycles. The molecule has 0 unspecified atom stereocenters. The highest BCUT2D eigenvalue weighted by Gasteiger charge is 2.31. The minimum absolute atomic E-state index is 0.0135. The first-order valence-corrected chi connectivity index (χ1v) is 8.23. The van der Waals surface area contributed by atoms with Gasteiger partial charge in [0.2, 0.25) is 17.7 Å². The number of carbonyl (C=O) groups is 3. The molecule has 0 radical (unpaired) electrons. The quantitative estimate of drug-likeness (QED) is 0.593. The fourth-order valence-electron chi connectivity index (χ4n) is 2.71. The van der Waals surface area contributed by atoms with Crippen molar-refractivity contribution in [2.45, 2.75) is 25.9 Å². The highest BCUT2D eigenvalue weighted by Crippen LogP contribution is 2.16. The number of nitrogens with one attached hydrogen (secondary N) is 3. The summed E-state index contributed by atoms with van der Waals surface area (Å²) in [6.45, 7) is 3.30.